The zero-order chi connectivity index (χ0) is 14.3. The van der Waals surface area contributed by atoms with E-state index in [0.717, 1.165) is 5.69 Å². The summed E-state index contributed by atoms with van der Waals surface area (Å²) in [6.07, 6.45) is 0.407. The van der Waals surface area contributed by atoms with Crippen LogP contribution in [0.3, 0.4) is 0 Å². The fraction of sp³-hybridized carbons (Fsp3) is 0.500. The van der Waals surface area contributed by atoms with Crippen molar-refractivity contribution in [1.82, 2.24) is 0 Å². The minimum absolute atomic E-state index is 0. The molecule has 0 atom stereocenters. The van der Waals surface area contributed by atoms with E-state index in [0.29, 0.717) is 13.0 Å². The van der Waals surface area contributed by atoms with Crippen molar-refractivity contribution in [3.8, 4) is 0 Å². The van der Waals surface area contributed by atoms with Gasteiger partial charge in [-0.2, -0.15) is 26.6 Å². The molecular weight excluding hydrogens is 285 g/mol. The third-order valence-electron chi connectivity index (χ3n) is 3.90. The van der Waals surface area contributed by atoms with Crippen LogP contribution in [0.2, 0.25) is 0 Å². The Kier molecular flexibility index (Phi) is 5.60. The van der Waals surface area contributed by atoms with Crippen molar-refractivity contribution >= 4 is 21.5 Å². The number of rotatable bonds is 4. The Morgan fingerprint density at radius 3 is 2.65 bits per heavy atom. The molecule has 0 saturated heterocycles. The molecule has 1 aliphatic rings. The van der Waals surface area contributed by atoms with Crippen LogP contribution in [-0.4, -0.2) is 35.6 Å². The predicted molar refractivity (Wildman–Crippen MR) is 74.8 cm³/mol. The number of hydrogen-bond donors (Lipinski definition) is 1. The topological polar surface area (TPSA) is 57.4 Å². The summed E-state index contributed by atoms with van der Waals surface area (Å²) in [7, 11) is -3.88. The summed E-state index contributed by atoms with van der Waals surface area (Å²) in [5.74, 6) is -0.203. The number of benzene rings is 1. The zero-order valence-corrected chi connectivity index (χ0v) is 15.3. The van der Waals surface area contributed by atoms with Crippen molar-refractivity contribution in [2.75, 3.05) is 12.3 Å². The molecule has 0 bridgehead atoms. The van der Waals surface area contributed by atoms with Crippen LogP contribution in [0.1, 0.15) is 32.8 Å². The molecule has 4 nitrogen and oxygen atoms in total. The van der Waals surface area contributed by atoms with Gasteiger partial charge in [0.15, 0.2) is 5.71 Å². The van der Waals surface area contributed by atoms with Crippen molar-refractivity contribution in [1.29, 1.82) is 0 Å². The van der Waals surface area contributed by atoms with Gasteiger partial charge in [0.2, 0.25) is 0 Å². The number of fused-ring (bicyclic) bond motifs is 1. The third kappa shape index (κ3) is 3.52. The molecule has 0 aromatic heterocycles. The quantitative estimate of drug-likeness (QED) is 0.342. The van der Waals surface area contributed by atoms with Crippen LogP contribution in [-0.2, 0) is 15.5 Å². The average molecular weight is 304 g/mol. The monoisotopic (exact) mass is 304 g/mol. The van der Waals surface area contributed by atoms with Gasteiger partial charge in [-0.25, -0.2) is 4.58 Å². The van der Waals surface area contributed by atoms with Gasteiger partial charge in [-0.1, -0.05) is 19.4 Å². The first-order chi connectivity index (χ1) is 8.73. The Labute approximate surface area is 142 Å². The maximum atomic E-state index is 10.8. The van der Waals surface area contributed by atoms with Crippen LogP contribution in [0.4, 0.5) is 5.69 Å². The Hall–Kier alpha value is -0.200. The van der Waals surface area contributed by atoms with E-state index in [-0.39, 0.29) is 40.7 Å². The summed E-state index contributed by atoms with van der Waals surface area (Å²) in [5, 5.41) is 0. The minimum atomic E-state index is -3.88. The SMILES string of the molecule is CC1=[N+](CCCS(=O)(=O)O)c2cc[c-]cc2C1(C)C.[Na+]. The molecular formula is C14H19NNaO3S+. The average Bonchev–Trinajstić information content (AvgIpc) is 2.50. The molecule has 0 aliphatic carbocycles. The normalized spacial score (nSPS) is 16.8. The summed E-state index contributed by atoms with van der Waals surface area (Å²) >= 11 is 0. The molecule has 1 aromatic carbocycles. The standard InChI is InChI=1S/C14H19NO3S.Na/c1-11-14(2,3)12-7-4-5-8-13(12)15(11)9-6-10-19(16,17)18;/h5,7-8H,6,9-10H2,1-3H3,(H,16,17,18);/q;+1. The zero-order valence-electron chi connectivity index (χ0n) is 12.5. The first-order valence-electron chi connectivity index (χ1n) is 6.31. The van der Waals surface area contributed by atoms with Crippen molar-refractivity contribution in [3.05, 3.63) is 29.8 Å². The Balaban J connectivity index is 0.00000200. The van der Waals surface area contributed by atoms with E-state index in [9.17, 15) is 8.42 Å². The second-order valence-corrected chi connectivity index (χ2v) is 7.02. The van der Waals surface area contributed by atoms with Crippen LogP contribution >= 0.6 is 0 Å². The van der Waals surface area contributed by atoms with Crippen molar-refractivity contribution in [3.63, 3.8) is 0 Å². The molecule has 1 aromatic rings. The van der Waals surface area contributed by atoms with E-state index in [1.807, 2.05) is 18.2 Å². The van der Waals surface area contributed by atoms with Gasteiger partial charge in [-0.3, -0.25) is 4.55 Å². The summed E-state index contributed by atoms with van der Waals surface area (Å²) < 4.78 is 32.5. The fourth-order valence-electron chi connectivity index (χ4n) is 2.56. The molecule has 0 unspecified atom stereocenters. The van der Waals surface area contributed by atoms with Gasteiger partial charge in [0.1, 0.15) is 12.2 Å². The molecule has 0 radical (unpaired) electrons. The molecule has 20 heavy (non-hydrogen) atoms. The summed E-state index contributed by atoms with van der Waals surface area (Å²) in [6, 6.07) is 8.95. The van der Waals surface area contributed by atoms with E-state index in [1.54, 1.807) is 0 Å². The van der Waals surface area contributed by atoms with E-state index in [2.05, 4.69) is 31.4 Å². The Morgan fingerprint density at radius 2 is 2.05 bits per heavy atom. The number of hydrogen-bond acceptors (Lipinski definition) is 2. The van der Waals surface area contributed by atoms with E-state index < -0.39 is 10.1 Å². The van der Waals surface area contributed by atoms with Crippen molar-refractivity contribution in [2.45, 2.75) is 32.6 Å². The Morgan fingerprint density at radius 1 is 1.40 bits per heavy atom. The van der Waals surface area contributed by atoms with Crippen LogP contribution < -0.4 is 29.6 Å². The van der Waals surface area contributed by atoms with Crippen LogP contribution in [0, 0.1) is 6.07 Å². The maximum Gasteiger partial charge on any atom is 1.00 e. The fourth-order valence-corrected chi connectivity index (χ4v) is 3.06. The molecule has 1 aliphatic heterocycles. The molecule has 0 fully saturated rings. The van der Waals surface area contributed by atoms with E-state index >= 15 is 0 Å². The Bertz CT molecular complexity index is 636. The second kappa shape index (κ2) is 6.28. The second-order valence-electron chi connectivity index (χ2n) is 5.44. The largest absolute Gasteiger partial charge is 1.00 e. The number of nitrogens with zero attached hydrogens (tertiary/aromatic N) is 1. The van der Waals surface area contributed by atoms with Crippen LogP contribution in [0.15, 0.2) is 18.2 Å². The molecule has 1 N–H and O–H groups in total. The van der Waals surface area contributed by atoms with Gasteiger partial charge in [0.25, 0.3) is 10.1 Å². The summed E-state index contributed by atoms with van der Waals surface area (Å²) in [5.41, 5.74) is 3.44. The van der Waals surface area contributed by atoms with Crippen LogP contribution in [0.25, 0.3) is 0 Å². The van der Waals surface area contributed by atoms with Gasteiger partial charge >= 0.3 is 29.6 Å². The first-order valence-corrected chi connectivity index (χ1v) is 7.92. The predicted octanol–water partition coefficient (Wildman–Crippen LogP) is -0.835. The maximum absolute atomic E-state index is 10.8. The van der Waals surface area contributed by atoms with Gasteiger partial charge in [0.05, 0.1) is 5.75 Å². The summed E-state index contributed by atoms with van der Waals surface area (Å²) in [6.45, 7) is 6.95. The van der Waals surface area contributed by atoms with E-state index in [1.165, 1.54) is 11.3 Å². The van der Waals surface area contributed by atoms with Gasteiger partial charge in [-0.15, -0.1) is 6.07 Å². The molecule has 1 heterocycles. The smallest absolute Gasteiger partial charge is 0.286 e. The summed E-state index contributed by atoms with van der Waals surface area (Å²) in [4.78, 5) is 0. The van der Waals surface area contributed by atoms with Gasteiger partial charge in [-0.05, 0) is 0 Å². The molecule has 0 spiro atoms. The van der Waals surface area contributed by atoms with E-state index in [4.69, 9.17) is 4.55 Å². The van der Waals surface area contributed by atoms with Crippen molar-refractivity contribution in [2.24, 2.45) is 0 Å². The van der Waals surface area contributed by atoms with Crippen molar-refractivity contribution < 1.29 is 47.1 Å². The van der Waals surface area contributed by atoms with Crippen LogP contribution in [0.5, 0.6) is 0 Å². The molecule has 6 heteroatoms. The molecule has 104 valence electrons. The third-order valence-corrected chi connectivity index (χ3v) is 4.70. The minimum Gasteiger partial charge on any atom is -0.286 e. The first kappa shape index (κ1) is 17.9. The molecule has 0 saturated carbocycles. The molecule has 2 rings (SSSR count). The van der Waals surface area contributed by atoms with Gasteiger partial charge < -0.3 is 0 Å². The van der Waals surface area contributed by atoms with Gasteiger partial charge in [0, 0.05) is 18.8 Å². The molecule has 0 amide bonds.